The number of halogens is 1. The van der Waals surface area contributed by atoms with E-state index >= 15 is 0 Å². The number of carbonyl (C=O) groups is 1. The standard InChI is InChI=1S/C16H26N4OS.HI/c1-2-17-16(18-10-13-8-9-22-12-13)19-11-15(21)20-14-6-4-3-5-7-14;/h8-9,12,14H,2-7,10-11H2,1H3,(H,20,21)(H2,17,18,19);1H. The minimum absolute atomic E-state index is 0. The van der Waals surface area contributed by atoms with Crippen LogP contribution in [-0.2, 0) is 11.3 Å². The third-order valence-electron chi connectivity index (χ3n) is 3.73. The number of nitrogens with zero attached hydrogens (tertiary/aromatic N) is 1. The predicted molar refractivity (Wildman–Crippen MR) is 108 cm³/mol. The van der Waals surface area contributed by atoms with Crippen molar-refractivity contribution in [1.82, 2.24) is 16.0 Å². The van der Waals surface area contributed by atoms with Crippen LogP contribution < -0.4 is 16.0 Å². The van der Waals surface area contributed by atoms with Gasteiger partial charge in [0.1, 0.15) is 0 Å². The highest BCUT2D eigenvalue weighted by Crippen LogP contribution is 2.17. The van der Waals surface area contributed by atoms with Gasteiger partial charge in [0.05, 0.1) is 13.1 Å². The van der Waals surface area contributed by atoms with Crippen molar-refractivity contribution in [3.63, 3.8) is 0 Å². The van der Waals surface area contributed by atoms with E-state index in [0.29, 0.717) is 18.5 Å². The van der Waals surface area contributed by atoms with Crippen LogP contribution in [0.25, 0.3) is 0 Å². The fraction of sp³-hybridized carbons (Fsp3) is 0.625. The Balaban J connectivity index is 0.00000264. The first kappa shape index (κ1) is 20.2. The molecule has 130 valence electrons. The Hall–Kier alpha value is -0.830. The minimum atomic E-state index is 0. The van der Waals surface area contributed by atoms with Crippen molar-refractivity contribution in [3.8, 4) is 0 Å². The molecular formula is C16H27IN4OS. The zero-order chi connectivity index (χ0) is 15.6. The van der Waals surface area contributed by atoms with Crippen LogP contribution >= 0.6 is 35.3 Å². The van der Waals surface area contributed by atoms with E-state index in [0.717, 1.165) is 19.4 Å². The number of hydrogen-bond donors (Lipinski definition) is 3. The van der Waals surface area contributed by atoms with Crippen LogP contribution in [0.3, 0.4) is 0 Å². The van der Waals surface area contributed by atoms with E-state index in [1.807, 2.05) is 12.3 Å². The van der Waals surface area contributed by atoms with Crippen molar-refractivity contribution in [1.29, 1.82) is 0 Å². The molecule has 23 heavy (non-hydrogen) atoms. The lowest BCUT2D eigenvalue weighted by Gasteiger charge is -2.23. The van der Waals surface area contributed by atoms with E-state index in [4.69, 9.17) is 0 Å². The smallest absolute Gasteiger partial charge is 0.239 e. The van der Waals surface area contributed by atoms with Crippen molar-refractivity contribution >= 4 is 47.2 Å². The van der Waals surface area contributed by atoms with Gasteiger partial charge in [0.15, 0.2) is 5.96 Å². The summed E-state index contributed by atoms with van der Waals surface area (Å²) in [5.74, 6) is 0.737. The van der Waals surface area contributed by atoms with E-state index < -0.39 is 0 Å². The van der Waals surface area contributed by atoms with Crippen molar-refractivity contribution in [2.75, 3.05) is 13.1 Å². The molecule has 1 fully saturated rings. The highest BCUT2D eigenvalue weighted by atomic mass is 127. The Kier molecular flexibility index (Phi) is 10.3. The molecule has 1 amide bonds. The maximum absolute atomic E-state index is 12.0. The lowest BCUT2D eigenvalue weighted by Crippen LogP contribution is -2.46. The number of rotatable bonds is 6. The molecule has 0 radical (unpaired) electrons. The molecule has 1 aliphatic rings. The summed E-state index contributed by atoms with van der Waals surface area (Å²) < 4.78 is 0. The number of thiophene rings is 1. The largest absolute Gasteiger partial charge is 0.357 e. The van der Waals surface area contributed by atoms with E-state index in [1.54, 1.807) is 11.3 Å². The maximum atomic E-state index is 12.0. The monoisotopic (exact) mass is 450 g/mol. The summed E-state index contributed by atoms with van der Waals surface area (Å²) in [6.45, 7) is 3.69. The van der Waals surface area contributed by atoms with Gasteiger partial charge in [0.25, 0.3) is 0 Å². The van der Waals surface area contributed by atoms with Gasteiger partial charge in [-0.1, -0.05) is 19.3 Å². The van der Waals surface area contributed by atoms with Crippen molar-refractivity contribution in [3.05, 3.63) is 22.4 Å². The highest BCUT2D eigenvalue weighted by Gasteiger charge is 2.15. The summed E-state index contributed by atoms with van der Waals surface area (Å²) in [4.78, 5) is 16.5. The minimum Gasteiger partial charge on any atom is -0.357 e. The SMILES string of the molecule is CCNC(=NCc1ccsc1)NCC(=O)NC1CCCCC1.I. The Morgan fingerprint density at radius 3 is 2.74 bits per heavy atom. The quantitative estimate of drug-likeness (QED) is 0.355. The van der Waals surface area contributed by atoms with Gasteiger partial charge < -0.3 is 16.0 Å². The van der Waals surface area contributed by atoms with Crippen LogP contribution in [0.1, 0.15) is 44.6 Å². The molecule has 0 unspecified atom stereocenters. The molecule has 0 bridgehead atoms. The first-order valence-electron chi connectivity index (χ1n) is 8.10. The molecule has 3 N–H and O–H groups in total. The zero-order valence-corrected chi connectivity index (χ0v) is 16.8. The number of hydrogen-bond acceptors (Lipinski definition) is 3. The van der Waals surface area contributed by atoms with Gasteiger partial charge in [-0.05, 0) is 42.2 Å². The normalized spacial score (nSPS) is 15.6. The second kappa shape index (κ2) is 11.7. The van der Waals surface area contributed by atoms with Crippen molar-refractivity contribution in [2.24, 2.45) is 4.99 Å². The van der Waals surface area contributed by atoms with Crippen LogP contribution in [0.15, 0.2) is 21.8 Å². The van der Waals surface area contributed by atoms with E-state index in [9.17, 15) is 4.79 Å². The second-order valence-electron chi connectivity index (χ2n) is 5.58. The van der Waals surface area contributed by atoms with Crippen molar-refractivity contribution < 1.29 is 4.79 Å². The van der Waals surface area contributed by atoms with Gasteiger partial charge in [0.2, 0.25) is 5.91 Å². The number of nitrogens with one attached hydrogen (secondary N) is 3. The number of carbonyl (C=O) groups excluding carboxylic acids is 1. The van der Waals surface area contributed by atoms with Gasteiger partial charge in [0, 0.05) is 12.6 Å². The molecule has 0 aromatic carbocycles. The summed E-state index contributed by atoms with van der Waals surface area (Å²) in [5, 5.41) is 13.5. The molecule has 1 saturated carbocycles. The predicted octanol–water partition coefficient (Wildman–Crippen LogP) is 2.87. The molecule has 0 aliphatic heterocycles. The first-order valence-corrected chi connectivity index (χ1v) is 9.05. The number of aliphatic imine (C=N–C) groups is 1. The molecule has 7 heteroatoms. The third kappa shape index (κ3) is 8.01. The van der Waals surface area contributed by atoms with Crippen LogP contribution in [0.2, 0.25) is 0 Å². The second-order valence-corrected chi connectivity index (χ2v) is 6.36. The van der Waals surface area contributed by atoms with Gasteiger partial charge in [-0.2, -0.15) is 11.3 Å². The molecule has 0 atom stereocenters. The summed E-state index contributed by atoms with van der Waals surface area (Å²) in [6, 6.07) is 2.42. The Bertz CT molecular complexity index is 472. The number of guanidine groups is 1. The molecule has 1 aromatic heterocycles. The van der Waals surface area contributed by atoms with Gasteiger partial charge >= 0.3 is 0 Å². The van der Waals surface area contributed by atoms with Crippen LogP contribution in [0.4, 0.5) is 0 Å². The average Bonchev–Trinajstić information content (AvgIpc) is 3.04. The fourth-order valence-electron chi connectivity index (χ4n) is 2.58. The molecular weight excluding hydrogens is 423 g/mol. The van der Waals surface area contributed by atoms with E-state index in [1.165, 1.54) is 24.8 Å². The van der Waals surface area contributed by atoms with Gasteiger partial charge in [-0.15, -0.1) is 24.0 Å². The highest BCUT2D eigenvalue weighted by molar-refractivity contribution is 14.0. The summed E-state index contributed by atoms with van der Waals surface area (Å²) >= 11 is 1.67. The van der Waals surface area contributed by atoms with Crippen molar-refractivity contribution in [2.45, 2.75) is 51.6 Å². The summed E-state index contributed by atoms with van der Waals surface area (Å²) in [7, 11) is 0. The zero-order valence-electron chi connectivity index (χ0n) is 13.6. The lowest BCUT2D eigenvalue weighted by molar-refractivity contribution is -0.120. The summed E-state index contributed by atoms with van der Waals surface area (Å²) in [6.07, 6.45) is 5.97. The fourth-order valence-corrected chi connectivity index (χ4v) is 3.24. The van der Waals surface area contributed by atoms with Crippen LogP contribution in [0.5, 0.6) is 0 Å². The van der Waals surface area contributed by atoms with Gasteiger partial charge in [-0.25, -0.2) is 4.99 Å². The molecule has 2 rings (SSSR count). The third-order valence-corrected chi connectivity index (χ3v) is 4.46. The lowest BCUT2D eigenvalue weighted by atomic mass is 9.95. The van der Waals surface area contributed by atoms with Gasteiger partial charge in [-0.3, -0.25) is 4.79 Å². The molecule has 1 heterocycles. The Morgan fingerprint density at radius 2 is 2.09 bits per heavy atom. The maximum Gasteiger partial charge on any atom is 0.239 e. The number of amides is 1. The Morgan fingerprint density at radius 1 is 1.30 bits per heavy atom. The first-order chi connectivity index (χ1) is 10.8. The molecule has 0 saturated heterocycles. The van der Waals surface area contributed by atoms with Crippen LogP contribution in [-0.4, -0.2) is 31.0 Å². The molecule has 1 aromatic rings. The van der Waals surface area contributed by atoms with E-state index in [2.05, 4.69) is 32.4 Å². The molecule has 1 aliphatic carbocycles. The topological polar surface area (TPSA) is 65.5 Å². The average molecular weight is 450 g/mol. The van der Waals surface area contributed by atoms with Crippen LogP contribution in [0, 0.1) is 0 Å². The Labute approximate surface area is 159 Å². The van der Waals surface area contributed by atoms with E-state index in [-0.39, 0.29) is 36.4 Å². The molecule has 5 nitrogen and oxygen atoms in total. The molecule has 0 spiro atoms. The summed E-state index contributed by atoms with van der Waals surface area (Å²) in [5.41, 5.74) is 1.19.